The molecule has 0 saturated carbocycles. The number of hydrogen-bond donors (Lipinski definition) is 3. The van der Waals surface area contributed by atoms with Crippen LogP contribution in [-0.4, -0.2) is 47.7 Å². The number of rotatable bonds is 8. The van der Waals surface area contributed by atoms with Crippen molar-refractivity contribution in [2.24, 2.45) is 0 Å². The normalized spacial score (nSPS) is 12.3. The largest absolute Gasteiger partial charge is 0.372 e. The van der Waals surface area contributed by atoms with E-state index in [2.05, 4.69) is 35.7 Å². The minimum Gasteiger partial charge on any atom is -0.372 e. The fraction of sp³-hybridized carbons (Fsp3) is 0.500. The highest BCUT2D eigenvalue weighted by molar-refractivity contribution is 9.10. The van der Waals surface area contributed by atoms with Gasteiger partial charge in [-0.3, -0.25) is 0 Å². The van der Waals surface area contributed by atoms with E-state index in [0.29, 0.717) is 4.47 Å². The zero-order valence-corrected chi connectivity index (χ0v) is 14.8. The number of nitrogens with zero attached hydrogens (tertiary/aromatic N) is 1. The molecule has 0 amide bonds. The lowest BCUT2D eigenvalue weighted by Crippen LogP contribution is -2.34. The molecule has 11 heteroatoms. The van der Waals surface area contributed by atoms with Crippen LogP contribution in [0.15, 0.2) is 21.6 Å². The number of aromatic nitrogens is 1. The van der Waals surface area contributed by atoms with E-state index in [1.807, 2.05) is 0 Å². The van der Waals surface area contributed by atoms with Crippen molar-refractivity contribution < 1.29 is 16.8 Å². The first-order chi connectivity index (χ1) is 9.72. The van der Waals surface area contributed by atoms with Crippen LogP contribution in [-0.2, 0) is 20.0 Å². The fourth-order valence-corrected chi connectivity index (χ4v) is 4.28. The Morgan fingerprint density at radius 3 is 2.48 bits per heavy atom. The van der Waals surface area contributed by atoms with Crippen LogP contribution in [0.1, 0.15) is 6.92 Å². The Kier molecular flexibility index (Phi) is 6.53. The smallest absolute Gasteiger partial charge is 0.244 e. The van der Waals surface area contributed by atoms with Gasteiger partial charge in [-0.25, -0.2) is 31.3 Å². The highest BCUT2D eigenvalue weighted by atomic mass is 79.9. The maximum atomic E-state index is 12.2. The van der Waals surface area contributed by atoms with E-state index < -0.39 is 20.0 Å². The van der Waals surface area contributed by atoms with E-state index in [0.717, 1.165) is 0 Å². The molecule has 1 heterocycles. The molecule has 1 rings (SSSR count). The first-order valence-electron chi connectivity index (χ1n) is 6.02. The molecule has 0 aliphatic rings. The lowest BCUT2D eigenvalue weighted by atomic mass is 10.4. The van der Waals surface area contributed by atoms with Crippen molar-refractivity contribution in [3.05, 3.63) is 16.7 Å². The summed E-state index contributed by atoms with van der Waals surface area (Å²) >= 11 is 3.15. The zero-order chi connectivity index (χ0) is 16.1. The van der Waals surface area contributed by atoms with Gasteiger partial charge in [-0.05, 0) is 22.0 Å². The van der Waals surface area contributed by atoms with Crippen LogP contribution in [0, 0.1) is 0 Å². The molecule has 0 aromatic carbocycles. The van der Waals surface area contributed by atoms with Gasteiger partial charge in [0.1, 0.15) is 10.7 Å². The first-order valence-corrected chi connectivity index (χ1v) is 9.95. The number of anilines is 1. The molecule has 0 aliphatic carbocycles. The summed E-state index contributed by atoms with van der Waals surface area (Å²) in [5, 5.41) is 2.67. The molecule has 0 fully saturated rings. The lowest BCUT2D eigenvalue weighted by Gasteiger charge is -2.11. The van der Waals surface area contributed by atoms with Crippen molar-refractivity contribution in [2.75, 3.05) is 31.2 Å². The van der Waals surface area contributed by atoms with E-state index in [1.165, 1.54) is 12.3 Å². The molecule has 0 aliphatic heterocycles. The monoisotopic (exact) mass is 400 g/mol. The van der Waals surface area contributed by atoms with Crippen molar-refractivity contribution in [1.29, 1.82) is 0 Å². The Labute approximate surface area is 133 Å². The Balaban J connectivity index is 2.86. The molecule has 0 saturated heterocycles. The van der Waals surface area contributed by atoms with Crippen LogP contribution < -0.4 is 14.8 Å². The second-order valence-electron chi connectivity index (χ2n) is 3.96. The molecular formula is C10H17BrN4O4S2. The molecule has 0 spiro atoms. The number of pyridine rings is 1. The van der Waals surface area contributed by atoms with Gasteiger partial charge >= 0.3 is 0 Å². The maximum Gasteiger partial charge on any atom is 0.244 e. The lowest BCUT2D eigenvalue weighted by molar-refractivity contribution is 0.576. The van der Waals surface area contributed by atoms with E-state index in [4.69, 9.17) is 0 Å². The summed E-state index contributed by atoms with van der Waals surface area (Å²) in [6, 6.07) is 1.39. The summed E-state index contributed by atoms with van der Waals surface area (Å²) in [6.07, 6.45) is 1.46. The van der Waals surface area contributed by atoms with Crippen molar-refractivity contribution in [3.63, 3.8) is 0 Å². The predicted molar refractivity (Wildman–Crippen MR) is 84.1 cm³/mol. The Bertz CT molecular complexity index is 691. The molecule has 1 aromatic heterocycles. The van der Waals surface area contributed by atoms with Gasteiger partial charge in [-0.15, -0.1) is 0 Å². The van der Waals surface area contributed by atoms with Crippen molar-refractivity contribution in [2.45, 2.75) is 11.8 Å². The fourth-order valence-electron chi connectivity index (χ4n) is 1.49. The standard InChI is InChI=1S/C10H17BrN4O4S2/c1-3-14-20(16,17)5-4-15-21(18,19)9-6-8(11)7-13-10(9)12-2/h6-7,14-15H,3-5H2,1-2H3,(H,12,13). The topological polar surface area (TPSA) is 117 Å². The number of nitrogens with one attached hydrogen (secondary N) is 3. The van der Waals surface area contributed by atoms with Crippen LogP contribution in [0.3, 0.4) is 0 Å². The summed E-state index contributed by atoms with van der Waals surface area (Å²) < 4.78 is 52.3. The minimum absolute atomic E-state index is 0.0553. The second kappa shape index (κ2) is 7.49. The van der Waals surface area contributed by atoms with Gasteiger partial charge in [0.25, 0.3) is 0 Å². The molecule has 8 nitrogen and oxygen atoms in total. The molecule has 0 atom stereocenters. The van der Waals surface area contributed by atoms with Gasteiger partial charge in [0.05, 0.1) is 5.75 Å². The molecule has 0 radical (unpaired) electrons. The third kappa shape index (κ3) is 5.51. The predicted octanol–water partition coefficient (Wildman–Crippen LogP) is 0.103. The number of halogens is 1. The van der Waals surface area contributed by atoms with E-state index in [9.17, 15) is 16.8 Å². The molecule has 120 valence electrons. The highest BCUT2D eigenvalue weighted by Crippen LogP contribution is 2.22. The SMILES string of the molecule is CCNS(=O)(=O)CCNS(=O)(=O)c1cc(Br)cnc1NC. The van der Waals surface area contributed by atoms with Crippen LogP contribution in [0.4, 0.5) is 5.82 Å². The highest BCUT2D eigenvalue weighted by Gasteiger charge is 2.20. The van der Waals surface area contributed by atoms with Crippen molar-refractivity contribution in [3.8, 4) is 0 Å². The Hall–Kier alpha value is -0.750. The van der Waals surface area contributed by atoms with Crippen molar-refractivity contribution in [1.82, 2.24) is 14.4 Å². The molecular weight excluding hydrogens is 384 g/mol. The molecule has 0 unspecified atom stereocenters. The average molecular weight is 401 g/mol. The maximum absolute atomic E-state index is 12.2. The summed E-state index contributed by atoms with van der Waals surface area (Å²) in [6.45, 7) is 1.68. The van der Waals surface area contributed by atoms with Gasteiger partial charge in [0.15, 0.2) is 0 Å². The third-order valence-corrected chi connectivity index (χ3v) is 5.75. The van der Waals surface area contributed by atoms with E-state index in [-0.39, 0.29) is 29.6 Å². The van der Waals surface area contributed by atoms with Crippen LogP contribution >= 0.6 is 15.9 Å². The quantitative estimate of drug-likeness (QED) is 0.569. The Morgan fingerprint density at radius 1 is 1.24 bits per heavy atom. The van der Waals surface area contributed by atoms with Gasteiger partial charge < -0.3 is 5.32 Å². The van der Waals surface area contributed by atoms with Gasteiger partial charge in [-0.2, -0.15) is 0 Å². The number of hydrogen-bond acceptors (Lipinski definition) is 6. The van der Waals surface area contributed by atoms with Crippen molar-refractivity contribution >= 4 is 41.8 Å². The minimum atomic E-state index is -3.86. The van der Waals surface area contributed by atoms with Gasteiger partial charge in [0.2, 0.25) is 20.0 Å². The van der Waals surface area contributed by atoms with Crippen LogP contribution in [0.5, 0.6) is 0 Å². The first kappa shape index (κ1) is 18.3. The zero-order valence-electron chi connectivity index (χ0n) is 11.6. The summed E-state index contributed by atoms with van der Waals surface area (Å²) in [4.78, 5) is 3.89. The van der Waals surface area contributed by atoms with Crippen LogP contribution in [0.25, 0.3) is 0 Å². The second-order valence-corrected chi connectivity index (χ2v) is 8.54. The van der Waals surface area contributed by atoms with E-state index >= 15 is 0 Å². The van der Waals surface area contributed by atoms with Crippen LogP contribution in [0.2, 0.25) is 0 Å². The summed E-state index contributed by atoms with van der Waals surface area (Å²) in [5.41, 5.74) is 0. The van der Waals surface area contributed by atoms with E-state index in [1.54, 1.807) is 14.0 Å². The molecule has 0 bridgehead atoms. The average Bonchev–Trinajstić information content (AvgIpc) is 2.38. The summed E-state index contributed by atoms with van der Waals surface area (Å²) in [5.74, 6) is -0.156. The Morgan fingerprint density at radius 2 is 1.90 bits per heavy atom. The number of sulfonamides is 2. The third-order valence-electron chi connectivity index (χ3n) is 2.37. The molecule has 3 N–H and O–H groups in total. The van der Waals surface area contributed by atoms with Gasteiger partial charge in [-0.1, -0.05) is 6.92 Å². The molecule has 1 aromatic rings. The summed E-state index contributed by atoms with van der Waals surface area (Å²) in [7, 11) is -5.79. The van der Waals surface area contributed by atoms with Gasteiger partial charge in [0, 0.05) is 30.8 Å². The molecule has 21 heavy (non-hydrogen) atoms.